The van der Waals surface area contributed by atoms with Gasteiger partial charge in [-0.1, -0.05) is 23.7 Å². The van der Waals surface area contributed by atoms with Crippen LogP contribution in [0.2, 0.25) is 5.02 Å². The predicted molar refractivity (Wildman–Crippen MR) is 99.2 cm³/mol. The third-order valence-corrected chi connectivity index (χ3v) is 4.34. The first-order valence-corrected chi connectivity index (χ1v) is 8.70. The summed E-state index contributed by atoms with van der Waals surface area (Å²) >= 11 is 9.32. The van der Waals surface area contributed by atoms with E-state index in [1.807, 2.05) is 26.0 Å². The van der Waals surface area contributed by atoms with E-state index < -0.39 is 0 Å². The molecular weight excluding hydrogens is 394 g/mol. The average molecular weight is 413 g/mol. The molecule has 2 aromatic rings. The molecule has 0 bridgehead atoms. The summed E-state index contributed by atoms with van der Waals surface area (Å²) in [7, 11) is 1.54. The molecule has 24 heavy (non-hydrogen) atoms. The largest absolute Gasteiger partial charge is 0.493 e. The summed E-state index contributed by atoms with van der Waals surface area (Å²) in [4.78, 5) is 12.5. The van der Waals surface area contributed by atoms with Crippen LogP contribution in [0.15, 0.2) is 40.9 Å². The number of nitrogens with one attached hydrogen (secondary N) is 1. The van der Waals surface area contributed by atoms with Crippen LogP contribution in [0.25, 0.3) is 0 Å². The second-order valence-corrected chi connectivity index (χ2v) is 6.46. The van der Waals surface area contributed by atoms with Crippen LogP contribution >= 0.6 is 27.5 Å². The van der Waals surface area contributed by atoms with E-state index in [9.17, 15) is 4.79 Å². The molecule has 128 valence electrons. The van der Waals surface area contributed by atoms with Crippen molar-refractivity contribution in [3.8, 4) is 11.5 Å². The zero-order valence-electron chi connectivity index (χ0n) is 13.7. The Morgan fingerprint density at radius 3 is 2.54 bits per heavy atom. The highest BCUT2D eigenvalue weighted by Crippen LogP contribution is 2.36. The van der Waals surface area contributed by atoms with E-state index in [4.69, 9.17) is 21.1 Å². The van der Waals surface area contributed by atoms with Crippen molar-refractivity contribution in [2.75, 3.05) is 13.7 Å². The molecule has 0 saturated heterocycles. The van der Waals surface area contributed by atoms with Crippen molar-refractivity contribution < 1.29 is 14.3 Å². The van der Waals surface area contributed by atoms with Crippen molar-refractivity contribution in [3.05, 3.63) is 57.0 Å². The molecule has 1 N–H and O–H groups in total. The van der Waals surface area contributed by atoms with Gasteiger partial charge < -0.3 is 14.8 Å². The molecule has 1 atom stereocenters. The predicted octanol–water partition coefficient (Wildman–Crippen LogP) is 5.00. The average Bonchev–Trinajstić information content (AvgIpc) is 2.57. The zero-order valence-corrected chi connectivity index (χ0v) is 16.1. The van der Waals surface area contributed by atoms with Crippen LogP contribution in [0.3, 0.4) is 0 Å². The highest BCUT2D eigenvalue weighted by atomic mass is 79.9. The molecule has 0 spiro atoms. The van der Waals surface area contributed by atoms with Crippen LogP contribution in [-0.4, -0.2) is 19.6 Å². The van der Waals surface area contributed by atoms with Crippen LogP contribution in [-0.2, 0) is 0 Å². The van der Waals surface area contributed by atoms with E-state index in [0.717, 1.165) is 5.56 Å². The Bertz CT molecular complexity index is 719. The lowest BCUT2D eigenvalue weighted by Gasteiger charge is -2.16. The number of carbonyl (C=O) groups excluding carboxylic acids is 1. The Kier molecular flexibility index (Phi) is 6.52. The number of benzene rings is 2. The minimum absolute atomic E-state index is 0.147. The van der Waals surface area contributed by atoms with E-state index in [1.165, 1.54) is 0 Å². The molecule has 0 aliphatic rings. The number of ether oxygens (including phenoxy) is 2. The lowest BCUT2D eigenvalue weighted by atomic mass is 10.1. The van der Waals surface area contributed by atoms with Gasteiger partial charge in [-0.2, -0.15) is 0 Å². The Morgan fingerprint density at radius 2 is 1.96 bits per heavy atom. The normalized spacial score (nSPS) is 11.7. The first kappa shape index (κ1) is 18.6. The maximum Gasteiger partial charge on any atom is 0.251 e. The summed E-state index contributed by atoms with van der Waals surface area (Å²) in [5.74, 6) is 0.900. The lowest BCUT2D eigenvalue weighted by molar-refractivity contribution is 0.0939. The molecule has 4 nitrogen and oxygen atoms in total. The topological polar surface area (TPSA) is 47.6 Å². The van der Waals surface area contributed by atoms with Gasteiger partial charge in [0.05, 0.1) is 24.2 Å². The number of amides is 1. The monoisotopic (exact) mass is 411 g/mol. The van der Waals surface area contributed by atoms with Crippen LogP contribution < -0.4 is 14.8 Å². The first-order valence-electron chi connectivity index (χ1n) is 7.53. The smallest absolute Gasteiger partial charge is 0.251 e. The third kappa shape index (κ3) is 4.42. The maximum atomic E-state index is 12.5. The van der Waals surface area contributed by atoms with Crippen molar-refractivity contribution in [2.24, 2.45) is 0 Å². The van der Waals surface area contributed by atoms with Crippen molar-refractivity contribution in [2.45, 2.75) is 19.9 Å². The van der Waals surface area contributed by atoms with Gasteiger partial charge in [0.15, 0.2) is 11.5 Å². The van der Waals surface area contributed by atoms with Gasteiger partial charge in [-0.15, -0.1) is 0 Å². The summed E-state index contributed by atoms with van der Waals surface area (Å²) in [6.45, 7) is 4.32. The van der Waals surface area contributed by atoms with Crippen LogP contribution in [0.5, 0.6) is 11.5 Å². The fourth-order valence-electron chi connectivity index (χ4n) is 2.25. The Balaban J connectivity index is 2.20. The third-order valence-electron chi connectivity index (χ3n) is 3.50. The van der Waals surface area contributed by atoms with Gasteiger partial charge in [0, 0.05) is 10.6 Å². The van der Waals surface area contributed by atoms with Crippen molar-refractivity contribution in [1.29, 1.82) is 0 Å². The molecule has 0 heterocycles. The summed E-state index contributed by atoms with van der Waals surface area (Å²) in [5, 5.41) is 3.63. The van der Waals surface area contributed by atoms with E-state index in [2.05, 4.69) is 21.2 Å². The van der Waals surface area contributed by atoms with Gasteiger partial charge in [-0.3, -0.25) is 4.79 Å². The minimum atomic E-state index is -0.195. The highest BCUT2D eigenvalue weighted by Gasteiger charge is 2.17. The lowest BCUT2D eigenvalue weighted by Crippen LogP contribution is -2.26. The number of halogens is 2. The van der Waals surface area contributed by atoms with Gasteiger partial charge in [-0.05, 0) is 59.6 Å². The summed E-state index contributed by atoms with van der Waals surface area (Å²) < 4.78 is 11.5. The van der Waals surface area contributed by atoms with E-state index in [1.54, 1.807) is 31.4 Å². The Hall–Kier alpha value is -1.72. The van der Waals surface area contributed by atoms with Gasteiger partial charge in [0.2, 0.25) is 0 Å². The van der Waals surface area contributed by atoms with Gasteiger partial charge in [0.1, 0.15) is 0 Å². The second kappa shape index (κ2) is 8.40. The van der Waals surface area contributed by atoms with E-state index in [0.29, 0.717) is 33.2 Å². The highest BCUT2D eigenvalue weighted by molar-refractivity contribution is 9.10. The Morgan fingerprint density at radius 1 is 1.29 bits per heavy atom. The van der Waals surface area contributed by atoms with E-state index in [-0.39, 0.29) is 11.9 Å². The second-order valence-electron chi connectivity index (χ2n) is 5.17. The quantitative estimate of drug-likeness (QED) is 0.726. The van der Waals surface area contributed by atoms with Gasteiger partial charge in [0.25, 0.3) is 5.91 Å². The minimum Gasteiger partial charge on any atom is -0.493 e. The SMILES string of the molecule is CCOc1c(Br)cc(C(=O)N[C@H](C)c2ccc(Cl)cc2)cc1OC. The molecule has 0 saturated carbocycles. The fraction of sp³-hybridized carbons (Fsp3) is 0.278. The van der Waals surface area contributed by atoms with Gasteiger partial charge in [-0.25, -0.2) is 0 Å². The molecule has 0 fully saturated rings. The van der Waals surface area contributed by atoms with Crippen LogP contribution in [0.1, 0.15) is 35.8 Å². The van der Waals surface area contributed by atoms with Crippen molar-refractivity contribution in [1.82, 2.24) is 5.32 Å². The molecule has 0 aromatic heterocycles. The molecule has 1 amide bonds. The van der Waals surface area contributed by atoms with Gasteiger partial charge >= 0.3 is 0 Å². The summed E-state index contributed by atoms with van der Waals surface area (Å²) in [6, 6.07) is 10.6. The fourth-order valence-corrected chi connectivity index (χ4v) is 2.93. The van der Waals surface area contributed by atoms with Crippen molar-refractivity contribution >= 4 is 33.4 Å². The molecule has 0 aliphatic carbocycles. The maximum absolute atomic E-state index is 12.5. The molecule has 0 aliphatic heterocycles. The first-order chi connectivity index (χ1) is 11.5. The standard InChI is InChI=1S/C18H19BrClNO3/c1-4-24-17-15(19)9-13(10-16(17)23-3)18(22)21-11(2)12-5-7-14(20)8-6-12/h5-11H,4H2,1-3H3,(H,21,22)/t11-/m1/s1. The number of carbonyl (C=O) groups is 1. The molecule has 2 aromatic carbocycles. The van der Waals surface area contributed by atoms with E-state index >= 15 is 0 Å². The summed E-state index contributed by atoms with van der Waals surface area (Å²) in [5.41, 5.74) is 1.47. The molecular formula is C18H19BrClNO3. The van der Waals surface area contributed by atoms with Crippen molar-refractivity contribution in [3.63, 3.8) is 0 Å². The Labute approximate surface area is 155 Å². The molecule has 6 heteroatoms. The number of methoxy groups -OCH3 is 1. The molecule has 2 rings (SSSR count). The summed E-state index contributed by atoms with van der Waals surface area (Å²) in [6.07, 6.45) is 0. The van der Waals surface area contributed by atoms with Crippen LogP contribution in [0, 0.1) is 0 Å². The zero-order chi connectivity index (χ0) is 17.7. The number of rotatable bonds is 6. The number of hydrogen-bond acceptors (Lipinski definition) is 3. The molecule has 0 unspecified atom stereocenters. The van der Waals surface area contributed by atoms with Crippen LogP contribution in [0.4, 0.5) is 0 Å². The molecule has 0 radical (unpaired) electrons. The number of hydrogen-bond donors (Lipinski definition) is 1.